The van der Waals surface area contributed by atoms with Crippen molar-refractivity contribution < 1.29 is 9.31 Å². The number of hydrogen-bond acceptors (Lipinski definition) is 4. The molecule has 2 rings (SSSR count). The molecule has 0 saturated heterocycles. The highest BCUT2D eigenvalue weighted by Crippen LogP contribution is 2.30. The lowest BCUT2D eigenvalue weighted by molar-refractivity contribution is -0.384. The zero-order valence-electron chi connectivity index (χ0n) is 10.3. The van der Waals surface area contributed by atoms with Gasteiger partial charge in [-0.25, -0.2) is 4.39 Å². The number of nitro groups is 1. The summed E-state index contributed by atoms with van der Waals surface area (Å²) in [5, 5.41) is 13.9. The molecule has 7 heteroatoms. The van der Waals surface area contributed by atoms with Crippen molar-refractivity contribution >= 4 is 27.3 Å². The Morgan fingerprint density at radius 3 is 2.90 bits per heavy atom. The smallest absolute Gasteiger partial charge is 0.311 e. The number of aromatic nitrogens is 1. The van der Waals surface area contributed by atoms with Gasteiger partial charge in [0, 0.05) is 12.7 Å². The highest BCUT2D eigenvalue weighted by molar-refractivity contribution is 9.10. The van der Waals surface area contributed by atoms with Crippen molar-refractivity contribution in [2.75, 3.05) is 11.9 Å². The summed E-state index contributed by atoms with van der Waals surface area (Å²) in [7, 11) is 0. The molecule has 0 saturated carbocycles. The fourth-order valence-corrected chi connectivity index (χ4v) is 2.22. The van der Waals surface area contributed by atoms with Crippen molar-refractivity contribution in [3.8, 4) is 0 Å². The number of nitrogens with zero attached hydrogens (tertiary/aromatic N) is 2. The lowest BCUT2D eigenvalue weighted by Gasteiger charge is -2.08. The largest absolute Gasteiger partial charge is 0.378 e. The van der Waals surface area contributed by atoms with Crippen LogP contribution < -0.4 is 5.32 Å². The predicted octanol–water partition coefficient (Wildman–Crippen LogP) is 3.55. The molecular formula is C13H11BrFN3O2. The molecule has 0 aliphatic carbocycles. The SMILES string of the molecule is O=[N+]([O-])c1cncc(Br)c1NCCc1cccc(F)c1. The van der Waals surface area contributed by atoms with E-state index in [1.54, 1.807) is 12.1 Å². The van der Waals surface area contributed by atoms with Crippen molar-refractivity contribution in [3.05, 3.63) is 62.6 Å². The summed E-state index contributed by atoms with van der Waals surface area (Å²) in [6.07, 6.45) is 3.23. The van der Waals surface area contributed by atoms with Crippen molar-refractivity contribution in [1.29, 1.82) is 0 Å². The molecule has 1 aromatic heterocycles. The third-order valence-electron chi connectivity index (χ3n) is 2.68. The number of benzene rings is 1. The number of anilines is 1. The van der Waals surface area contributed by atoms with E-state index in [0.29, 0.717) is 23.1 Å². The summed E-state index contributed by atoms with van der Waals surface area (Å²) in [5.41, 5.74) is 1.10. The van der Waals surface area contributed by atoms with Crippen molar-refractivity contribution in [2.24, 2.45) is 0 Å². The lowest BCUT2D eigenvalue weighted by atomic mass is 10.1. The number of nitrogens with one attached hydrogen (secondary N) is 1. The zero-order chi connectivity index (χ0) is 14.5. The van der Waals surface area contributed by atoms with Crippen molar-refractivity contribution in [2.45, 2.75) is 6.42 Å². The lowest BCUT2D eigenvalue weighted by Crippen LogP contribution is -2.08. The van der Waals surface area contributed by atoms with Gasteiger partial charge in [-0.1, -0.05) is 12.1 Å². The Morgan fingerprint density at radius 2 is 2.20 bits per heavy atom. The van der Waals surface area contributed by atoms with Gasteiger partial charge >= 0.3 is 5.69 Å². The van der Waals surface area contributed by atoms with Crippen LogP contribution in [0.2, 0.25) is 0 Å². The second-order valence-corrected chi connectivity index (χ2v) is 4.93. The van der Waals surface area contributed by atoms with Crippen LogP contribution in [0.15, 0.2) is 41.1 Å². The molecule has 2 aromatic rings. The Morgan fingerprint density at radius 1 is 1.40 bits per heavy atom. The molecule has 0 atom stereocenters. The van der Waals surface area contributed by atoms with Gasteiger partial charge in [0.25, 0.3) is 0 Å². The van der Waals surface area contributed by atoms with Crippen LogP contribution in [-0.4, -0.2) is 16.5 Å². The van der Waals surface area contributed by atoms with E-state index in [1.807, 2.05) is 0 Å². The topological polar surface area (TPSA) is 68.1 Å². The maximum atomic E-state index is 13.0. The molecule has 0 unspecified atom stereocenters. The maximum Gasteiger partial charge on any atom is 0.311 e. The summed E-state index contributed by atoms with van der Waals surface area (Å²) in [5.74, 6) is -0.293. The maximum absolute atomic E-state index is 13.0. The first-order valence-corrected chi connectivity index (χ1v) is 6.63. The molecule has 0 aliphatic rings. The Labute approximate surface area is 123 Å². The Kier molecular flexibility index (Phi) is 4.62. The van der Waals surface area contributed by atoms with Crippen LogP contribution in [0.4, 0.5) is 15.8 Å². The quantitative estimate of drug-likeness (QED) is 0.668. The fourth-order valence-electron chi connectivity index (χ4n) is 1.76. The molecule has 1 aromatic carbocycles. The minimum atomic E-state index is -0.498. The Balaban J connectivity index is 2.06. The average Bonchev–Trinajstić information content (AvgIpc) is 2.40. The van der Waals surface area contributed by atoms with Crippen molar-refractivity contribution in [3.63, 3.8) is 0 Å². The van der Waals surface area contributed by atoms with E-state index in [1.165, 1.54) is 24.5 Å². The molecule has 0 bridgehead atoms. The van der Waals surface area contributed by atoms with Crippen LogP contribution in [0.3, 0.4) is 0 Å². The highest BCUT2D eigenvalue weighted by atomic mass is 79.9. The van der Waals surface area contributed by atoms with E-state index >= 15 is 0 Å². The Hall–Kier alpha value is -2.02. The van der Waals surface area contributed by atoms with Crippen molar-refractivity contribution in [1.82, 2.24) is 4.98 Å². The van der Waals surface area contributed by atoms with Crippen LogP contribution in [-0.2, 0) is 6.42 Å². The van der Waals surface area contributed by atoms with Gasteiger partial charge in [-0.15, -0.1) is 0 Å². The predicted molar refractivity (Wildman–Crippen MR) is 77.2 cm³/mol. The molecule has 20 heavy (non-hydrogen) atoms. The van der Waals surface area contributed by atoms with Crippen LogP contribution >= 0.6 is 15.9 Å². The third-order valence-corrected chi connectivity index (χ3v) is 3.28. The molecule has 0 fully saturated rings. The third kappa shape index (κ3) is 3.51. The molecule has 104 valence electrons. The van der Waals surface area contributed by atoms with Crippen LogP contribution in [0.25, 0.3) is 0 Å². The minimum Gasteiger partial charge on any atom is -0.378 e. The monoisotopic (exact) mass is 339 g/mol. The van der Waals surface area contributed by atoms with Gasteiger partial charge in [0.2, 0.25) is 0 Å². The van der Waals surface area contributed by atoms with E-state index in [4.69, 9.17) is 0 Å². The normalized spacial score (nSPS) is 10.3. The standard InChI is InChI=1S/C13H11BrFN3O2/c14-11-7-16-8-12(18(19)20)13(11)17-5-4-9-2-1-3-10(15)6-9/h1-3,6-8H,4-5H2,(H,16,17). The summed E-state index contributed by atoms with van der Waals surface area (Å²) in [6, 6.07) is 6.26. The van der Waals surface area contributed by atoms with E-state index in [0.717, 1.165) is 5.56 Å². The fraction of sp³-hybridized carbons (Fsp3) is 0.154. The van der Waals surface area contributed by atoms with Gasteiger partial charge in [0.1, 0.15) is 17.7 Å². The molecular weight excluding hydrogens is 329 g/mol. The number of pyridine rings is 1. The van der Waals surface area contributed by atoms with Gasteiger partial charge in [0.05, 0.1) is 9.40 Å². The van der Waals surface area contributed by atoms with E-state index in [2.05, 4.69) is 26.2 Å². The molecule has 0 amide bonds. The average molecular weight is 340 g/mol. The number of rotatable bonds is 5. The van der Waals surface area contributed by atoms with Gasteiger partial charge in [0.15, 0.2) is 0 Å². The molecule has 1 heterocycles. The summed E-state index contributed by atoms with van der Waals surface area (Å²) in [6.45, 7) is 0.451. The van der Waals surface area contributed by atoms with Gasteiger partial charge < -0.3 is 5.32 Å². The molecule has 1 N–H and O–H groups in total. The highest BCUT2D eigenvalue weighted by Gasteiger charge is 2.16. The second kappa shape index (κ2) is 6.42. The van der Waals surface area contributed by atoms with E-state index < -0.39 is 4.92 Å². The van der Waals surface area contributed by atoms with Gasteiger partial charge in [-0.05, 0) is 40.0 Å². The molecule has 0 aliphatic heterocycles. The molecule has 0 spiro atoms. The summed E-state index contributed by atoms with van der Waals surface area (Å²) >= 11 is 3.22. The molecule has 5 nitrogen and oxygen atoms in total. The first-order valence-electron chi connectivity index (χ1n) is 5.84. The Bertz CT molecular complexity index is 637. The van der Waals surface area contributed by atoms with Gasteiger partial charge in [-0.3, -0.25) is 15.1 Å². The van der Waals surface area contributed by atoms with Crippen LogP contribution in [0, 0.1) is 15.9 Å². The van der Waals surface area contributed by atoms with E-state index in [-0.39, 0.29) is 11.5 Å². The first kappa shape index (κ1) is 14.4. The number of halogens is 2. The molecule has 0 radical (unpaired) electrons. The minimum absolute atomic E-state index is 0.0985. The zero-order valence-corrected chi connectivity index (χ0v) is 11.9. The number of hydrogen-bond donors (Lipinski definition) is 1. The second-order valence-electron chi connectivity index (χ2n) is 4.08. The first-order chi connectivity index (χ1) is 9.58. The summed E-state index contributed by atoms with van der Waals surface area (Å²) in [4.78, 5) is 14.2. The van der Waals surface area contributed by atoms with Crippen LogP contribution in [0.5, 0.6) is 0 Å². The summed E-state index contributed by atoms with van der Waals surface area (Å²) < 4.78 is 13.5. The van der Waals surface area contributed by atoms with E-state index in [9.17, 15) is 14.5 Å². The van der Waals surface area contributed by atoms with Gasteiger partial charge in [-0.2, -0.15) is 0 Å². The van der Waals surface area contributed by atoms with Crippen LogP contribution in [0.1, 0.15) is 5.56 Å².